The van der Waals surface area contributed by atoms with Gasteiger partial charge >= 0.3 is 0 Å². The second-order valence-electron chi connectivity index (χ2n) is 11.6. The van der Waals surface area contributed by atoms with E-state index in [0.717, 1.165) is 55.4 Å². The molecule has 48 heavy (non-hydrogen) atoms. The standard InChI is InChI=1S/C42H26N6/c1-2-13-34-28(8-1)20-21-36-38(34)35-14-3-4-15-37(35)45-39(36)31-10-5-9-30(24-31)27-16-18-29(19-17-27)40-46-41(32-11-6-22-43-25-32)48-42(47-40)33-12-7-23-44-26-33/h1-26H. The molecule has 0 fully saturated rings. The van der Waals surface area contributed by atoms with Gasteiger partial charge in [0.05, 0.1) is 11.2 Å². The summed E-state index contributed by atoms with van der Waals surface area (Å²) in [7, 11) is 0. The van der Waals surface area contributed by atoms with Gasteiger partial charge in [0.2, 0.25) is 0 Å². The number of para-hydroxylation sites is 1. The lowest BCUT2D eigenvalue weighted by atomic mass is 9.94. The minimum absolute atomic E-state index is 0.562. The molecule has 9 rings (SSSR count). The second-order valence-corrected chi connectivity index (χ2v) is 11.6. The van der Waals surface area contributed by atoms with Gasteiger partial charge in [0.1, 0.15) is 0 Å². The molecule has 0 aliphatic heterocycles. The van der Waals surface area contributed by atoms with Crippen LogP contribution in [-0.2, 0) is 0 Å². The zero-order valence-corrected chi connectivity index (χ0v) is 25.7. The molecule has 0 saturated heterocycles. The molecule has 0 spiro atoms. The molecule has 6 nitrogen and oxygen atoms in total. The fraction of sp³-hybridized carbons (Fsp3) is 0. The summed E-state index contributed by atoms with van der Waals surface area (Å²) in [6.45, 7) is 0. The number of aromatic nitrogens is 6. The molecular weight excluding hydrogens is 589 g/mol. The molecule has 0 saturated carbocycles. The fourth-order valence-electron chi connectivity index (χ4n) is 6.35. The largest absolute Gasteiger partial charge is 0.264 e. The molecule has 0 aliphatic carbocycles. The molecule has 224 valence electrons. The van der Waals surface area contributed by atoms with Gasteiger partial charge in [-0.25, -0.2) is 19.9 Å². The number of rotatable bonds is 5. The average Bonchev–Trinajstić information content (AvgIpc) is 3.18. The lowest BCUT2D eigenvalue weighted by Crippen LogP contribution is -2.00. The van der Waals surface area contributed by atoms with Crippen molar-refractivity contribution in [2.24, 2.45) is 0 Å². The number of hydrogen-bond acceptors (Lipinski definition) is 6. The highest BCUT2D eigenvalue weighted by molar-refractivity contribution is 6.22. The van der Waals surface area contributed by atoms with Crippen LogP contribution in [0.15, 0.2) is 158 Å². The van der Waals surface area contributed by atoms with E-state index in [1.807, 2.05) is 24.3 Å². The van der Waals surface area contributed by atoms with Crippen LogP contribution in [-0.4, -0.2) is 29.9 Å². The van der Waals surface area contributed by atoms with E-state index >= 15 is 0 Å². The summed E-state index contributed by atoms with van der Waals surface area (Å²) in [5.74, 6) is 1.71. The minimum Gasteiger partial charge on any atom is -0.264 e. The lowest BCUT2D eigenvalue weighted by molar-refractivity contribution is 1.07. The van der Waals surface area contributed by atoms with Crippen molar-refractivity contribution in [2.75, 3.05) is 0 Å². The Kier molecular flexibility index (Phi) is 6.68. The highest BCUT2D eigenvalue weighted by Crippen LogP contribution is 2.38. The van der Waals surface area contributed by atoms with Gasteiger partial charge in [-0.3, -0.25) is 9.97 Å². The first-order chi connectivity index (χ1) is 23.8. The van der Waals surface area contributed by atoms with Crippen molar-refractivity contribution in [3.05, 3.63) is 158 Å². The number of fused-ring (bicyclic) bond motifs is 5. The molecule has 0 bridgehead atoms. The first-order valence-corrected chi connectivity index (χ1v) is 15.8. The van der Waals surface area contributed by atoms with Crippen molar-refractivity contribution in [1.82, 2.24) is 29.9 Å². The van der Waals surface area contributed by atoms with Gasteiger partial charge < -0.3 is 0 Å². The van der Waals surface area contributed by atoms with E-state index in [4.69, 9.17) is 19.9 Å². The second kappa shape index (κ2) is 11.6. The normalized spacial score (nSPS) is 11.3. The Morgan fingerprint density at radius 1 is 0.354 bits per heavy atom. The van der Waals surface area contributed by atoms with Crippen molar-refractivity contribution >= 4 is 32.4 Å². The summed E-state index contributed by atoms with van der Waals surface area (Å²) in [6.07, 6.45) is 7.00. The van der Waals surface area contributed by atoms with E-state index in [-0.39, 0.29) is 0 Å². The molecule has 5 aromatic carbocycles. The molecule has 0 unspecified atom stereocenters. The Labute approximate surface area is 276 Å². The SMILES string of the molecule is c1cncc(-c2nc(-c3ccc(-c4cccc(-c5nc6ccccc6c6c5ccc5ccccc56)c4)cc3)nc(-c3cccnc3)n2)c1. The van der Waals surface area contributed by atoms with Crippen LogP contribution in [0.25, 0.3) is 89.0 Å². The Bertz CT molecular complexity index is 2530. The predicted molar refractivity (Wildman–Crippen MR) is 193 cm³/mol. The van der Waals surface area contributed by atoms with Crippen molar-refractivity contribution < 1.29 is 0 Å². The third-order valence-corrected chi connectivity index (χ3v) is 8.68. The Morgan fingerprint density at radius 3 is 1.67 bits per heavy atom. The number of nitrogens with zero attached hydrogens (tertiary/aromatic N) is 6. The molecular formula is C42H26N6. The maximum atomic E-state index is 5.20. The molecule has 0 atom stereocenters. The average molecular weight is 615 g/mol. The summed E-state index contributed by atoms with van der Waals surface area (Å²) in [6, 6.07) is 46.0. The maximum absolute atomic E-state index is 5.20. The summed E-state index contributed by atoms with van der Waals surface area (Å²) in [5.41, 5.74) is 7.76. The number of pyridine rings is 3. The van der Waals surface area contributed by atoms with E-state index < -0.39 is 0 Å². The monoisotopic (exact) mass is 614 g/mol. The van der Waals surface area contributed by atoms with Gasteiger partial charge in [-0.15, -0.1) is 0 Å². The van der Waals surface area contributed by atoms with E-state index in [9.17, 15) is 0 Å². The molecule has 0 radical (unpaired) electrons. The van der Waals surface area contributed by atoms with Gasteiger partial charge in [0, 0.05) is 63.2 Å². The summed E-state index contributed by atoms with van der Waals surface area (Å²) in [4.78, 5) is 28.2. The third-order valence-electron chi connectivity index (χ3n) is 8.68. The van der Waals surface area contributed by atoms with Crippen molar-refractivity contribution in [2.45, 2.75) is 0 Å². The Morgan fingerprint density at radius 2 is 0.958 bits per heavy atom. The minimum atomic E-state index is 0.562. The van der Waals surface area contributed by atoms with Crippen LogP contribution in [0, 0.1) is 0 Å². The summed E-state index contributed by atoms with van der Waals surface area (Å²) >= 11 is 0. The van der Waals surface area contributed by atoms with Gasteiger partial charge in [-0.05, 0) is 58.3 Å². The van der Waals surface area contributed by atoms with Crippen LogP contribution in [0.2, 0.25) is 0 Å². The smallest absolute Gasteiger partial charge is 0.165 e. The van der Waals surface area contributed by atoms with Gasteiger partial charge in [0.15, 0.2) is 17.5 Å². The third kappa shape index (κ3) is 4.93. The van der Waals surface area contributed by atoms with E-state index in [2.05, 4.69) is 119 Å². The molecule has 6 heteroatoms. The number of benzene rings is 5. The predicted octanol–water partition coefficient (Wildman–Crippen LogP) is 9.85. The van der Waals surface area contributed by atoms with Crippen LogP contribution >= 0.6 is 0 Å². The maximum Gasteiger partial charge on any atom is 0.165 e. The molecule has 4 heterocycles. The molecule has 9 aromatic rings. The summed E-state index contributed by atoms with van der Waals surface area (Å²) < 4.78 is 0. The van der Waals surface area contributed by atoms with Crippen LogP contribution in [0.5, 0.6) is 0 Å². The summed E-state index contributed by atoms with van der Waals surface area (Å²) in [5, 5.41) is 6.00. The van der Waals surface area contributed by atoms with Crippen molar-refractivity contribution in [3.8, 4) is 56.5 Å². The van der Waals surface area contributed by atoms with E-state index in [1.165, 1.54) is 16.2 Å². The fourth-order valence-corrected chi connectivity index (χ4v) is 6.35. The molecule has 0 amide bonds. The quantitative estimate of drug-likeness (QED) is 0.180. The molecule has 4 aromatic heterocycles. The topological polar surface area (TPSA) is 77.3 Å². The van der Waals surface area contributed by atoms with Crippen LogP contribution in [0.1, 0.15) is 0 Å². The highest BCUT2D eigenvalue weighted by Gasteiger charge is 2.15. The zero-order chi connectivity index (χ0) is 31.9. The van der Waals surface area contributed by atoms with Crippen molar-refractivity contribution in [1.29, 1.82) is 0 Å². The van der Waals surface area contributed by atoms with Crippen LogP contribution in [0.3, 0.4) is 0 Å². The van der Waals surface area contributed by atoms with Gasteiger partial charge in [-0.2, -0.15) is 0 Å². The van der Waals surface area contributed by atoms with E-state index in [1.54, 1.807) is 24.8 Å². The highest BCUT2D eigenvalue weighted by atomic mass is 15.0. The zero-order valence-electron chi connectivity index (χ0n) is 25.7. The van der Waals surface area contributed by atoms with Crippen LogP contribution < -0.4 is 0 Å². The van der Waals surface area contributed by atoms with Crippen molar-refractivity contribution in [3.63, 3.8) is 0 Å². The van der Waals surface area contributed by atoms with Crippen LogP contribution in [0.4, 0.5) is 0 Å². The van der Waals surface area contributed by atoms with E-state index in [0.29, 0.717) is 17.5 Å². The first kappa shape index (κ1) is 27.6. The first-order valence-electron chi connectivity index (χ1n) is 15.8. The van der Waals surface area contributed by atoms with Gasteiger partial charge in [0.25, 0.3) is 0 Å². The number of hydrogen-bond donors (Lipinski definition) is 0. The molecule has 0 aliphatic rings. The molecule has 0 N–H and O–H groups in total. The Hall–Kier alpha value is -6.66. The lowest BCUT2D eigenvalue weighted by Gasteiger charge is -2.13. The Balaban J connectivity index is 1.13. The van der Waals surface area contributed by atoms with Gasteiger partial charge in [-0.1, -0.05) is 97.1 Å².